The Kier molecular flexibility index (Phi) is 9.26. The molecule has 7 nitrogen and oxygen atoms in total. The van der Waals surface area contributed by atoms with Gasteiger partial charge >= 0.3 is 0 Å². The van der Waals surface area contributed by atoms with E-state index in [1.54, 1.807) is 24.7 Å². The number of aromatic nitrogens is 1. The Balaban J connectivity index is 0.00000300. The van der Waals surface area contributed by atoms with Gasteiger partial charge in [-0.15, -0.1) is 35.3 Å². The molecule has 0 aliphatic carbocycles. The van der Waals surface area contributed by atoms with E-state index in [-0.39, 0.29) is 24.0 Å². The van der Waals surface area contributed by atoms with Crippen LogP contribution in [0.3, 0.4) is 0 Å². The third-order valence-electron chi connectivity index (χ3n) is 3.75. The molecule has 1 aromatic carbocycles. The minimum Gasteiger partial charge on any atom is -0.493 e. The smallest absolute Gasteiger partial charge is 0.236 e. The van der Waals surface area contributed by atoms with E-state index in [1.165, 1.54) is 0 Å². The maximum Gasteiger partial charge on any atom is 0.236 e. The number of hydrogen-bond donors (Lipinski definition) is 2. The molecule has 29 heavy (non-hydrogen) atoms. The van der Waals surface area contributed by atoms with Crippen LogP contribution in [0.25, 0.3) is 10.8 Å². The molecule has 0 saturated heterocycles. The van der Waals surface area contributed by atoms with Gasteiger partial charge in [-0.25, -0.2) is 9.98 Å². The summed E-state index contributed by atoms with van der Waals surface area (Å²) in [5, 5.41) is 8.50. The van der Waals surface area contributed by atoms with E-state index < -0.39 is 0 Å². The Hall–Kier alpha value is -2.27. The summed E-state index contributed by atoms with van der Waals surface area (Å²) in [6.45, 7) is 5.65. The molecule has 0 radical (unpaired) electrons. The van der Waals surface area contributed by atoms with Crippen LogP contribution < -0.4 is 20.1 Å². The highest BCUT2D eigenvalue weighted by molar-refractivity contribution is 14.0. The van der Waals surface area contributed by atoms with Crippen LogP contribution in [-0.2, 0) is 6.54 Å². The molecule has 0 amide bonds. The molecular weight excluding hydrogens is 503 g/mol. The highest BCUT2D eigenvalue weighted by Crippen LogP contribution is 2.30. The van der Waals surface area contributed by atoms with Gasteiger partial charge in [0.25, 0.3) is 0 Å². The molecule has 156 valence electrons. The Morgan fingerprint density at radius 3 is 2.79 bits per heavy atom. The van der Waals surface area contributed by atoms with Crippen molar-refractivity contribution < 1.29 is 13.9 Å². The number of guanidine groups is 1. The SMILES string of the molecule is CCNC(=NCc1coc(-c2cccs2)n1)Nc1ccc(OC)c(OCC)c1.I. The largest absolute Gasteiger partial charge is 0.493 e. The van der Waals surface area contributed by atoms with Crippen molar-refractivity contribution in [2.45, 2.75) is 20.4 Å². The summed E-state index contributed by atoms with van der Waals surface area (Å²) in [4.78, 5) is 10.1. The summed E-state index contributed by atoms with van der Waals surface area (Å²) in [6.07, 6.45) is 1.64. The molecule has 0 unspecified atom stereocenters. The van der Waals surface area contributed by atoms with Crippen molar-refractivity contribution >= 4 is 47.0 Å². The molecule has 9 heteroatoms. The van der Waals surface area contributed by atoms with Crippen LogP contribution in [0.15, 0.2) is 51.4 Å². The number of hydrogen-bond acceptors (Lipinski definition) is 6. The lowest BCUT2D eigenvalue weighted by atomic mass is 10.2. The Morgan fingerprint density at radius 2 is 2.10 bits per heavy atom. The number of oxazole rings is 1. The molecule has 3 rings (SSSR count). The molecule has 3 aromatic rings. The predicted octanol–water partition coefficient (Wildman–Crippen LogP) is 5.01. The number of thiophene rings is 1. The maximum atomic E-state index is 5.63. The summed E-state index contributed by atoms with van der Waals surface area (Å²) in [5.74, 6) is 2.64. The number of aliphatic imine (C=N–C) groups is 1. The molecule has 0 spiro atoms. The van der Waals surface area contributed by atoms with E-state index in [0.717, 1.165) is 22.8 Å². The van der Waals surface area contributed by atoms with Gasteiger partial charge in [0.05, 0.1) is 25.1 Å². The van der Waals surface area contributed by atoms with Crippen molar-refractivity contribution in [3.63, 3.8) is 0 Å². The van der Waals surface area contributed by atoms with Crippen LogP contribution >= 0.6 is 35.3 Å². The van der Waals surface area contributed by atoms with Crippen molar-refractivity contribution in [2.75, 3.05) is 25.6 Å². The first-order chi connectivity index (χ1) is 13.7. The number of nitrogens with zero attached hydrogens (tertiary/aromatic N) is 2. The minimum atomic E-state index is 0. The van der Waals surface area contributed by atoms with Gasteiger partial charge in [-0.3, -0.25) is 0 Å². The van der Waals surface area contributed by atoms with Gasteiger partial charge < -0.3 is 24.5 Å². The topological polar surface area (TPSA) is 80.9 Å². The quantitative estimate of drug-likeness (QED) is 0.243. The highest BCUT2D eigenvalue weighted by atomic mass is 127. The lowest BCUT2D eigenvalue weighted by molar-refractivity contribution is 0.311. The number of anilines is 1. The maximum absolute atomic E-state index is 5.63. The zero-order valence-electron chi connectivity index (χ0n) is 16.6. The summed E-state index contributed by atoms with van der Waals surface area (Å²) in [5.41, 5.74) is 1.62. The van der Waals surface area contributed by atoms with E-state index in [1.807, 2.05) is 49.6 Å². The minimum absolute atomic E-state index is 0. The molecule has 0 aliphatic rings. The molecule has 0 saturated carbocycles. The number of ether oxygens (including phenoxy) is 2. The summed E-state index contributed by atoms with van der Waals surface area (Å²) in [7, 11) is 1.62. The highest BCUT2D eigenvalue weighted by Gasteiger charge is 2.09. The van der Waals surface area contributed by atoms with Gasteiger partial charge in [-0.2, -0.15) is 0 Å². The van der Waals surface area contributed by atoms with Gasteiger partial charge in [0.2, 0.25) is 5.89 Å². The van der Waals surface area contributed by atoms with Gasteiger partial charge in [-0.05, 0) is 37.4 Å². The van der Waals surface area contributed by atoms with Crippen LogP contribution in [-0.4, -0.2) is 31.2 Å². The molecule has 0 fully saturated rings. The Labute approximate surface area is 191 Å². The van der Waals surface area contributed by atoms with Crippen molar-refractivity contribution in [1.82, 2.24) is 10.3 Å². The van der Waals surface area contributed by atoms with Crippen molar-refractivity contribution in [2.24, 2.45) is 4.99 Å². The van der Waals surface area contributed by atoms with Gasteiger partial charge in [0.15, 0.2) is 17.5 Å². The average Bonchev–Trinajstić information content (AvgIpc) is 3.38. The average molecular weight is 528 g/mol. The van der Waals surface area contributed by atoms with Crippen molar-refractivity contribution in [1.29, 1.82) is 0 Å². The summed E-state index contributed by atoms with van der Waals surface area (Å²) >= 11 is 1.59. The molecule has 2 aromatic heterocycles. The fraction of sp³-hybridized carbons (Fsp3) is 0.300. The second kappa shape index (κ2) is 11.7. The fourth-order valence-corrected chi connectivity index (χ4v) is 3.18. The van der Waals surface area contributed by atoms with Crippen LogP contribution in [0, 0.1) is 0 Å². The number of methoxy groups -OCH3 is 1. The predicted molar refractivity (Wildman–Crippen MR) is 128 cm³/mol. The normalized spacial score (nSPS) is 10.9. The van der Waals surface area contributed by atoms with Crippen molar-refractivity contribution in [3.8, 4) is 22.3 Å². The third-order valence-corrected chi connectivity index (χ3v) is 4.61. The first-order valence-electron chi connectivity index (χ1n) is 9.08. The lowest BCUT2D eigenvalue weighted by Crippen LogP contribution is -2.30. The number of benzene rings is 1. The molecule has 2 N–H and O–H groups in total. The Bertz CT molecular complexity index is 912. The molecule has 0 aliphatic heterocycles. The van der Waals surface area contributed by atoms with Gasteiger partial charge in [-0.1, -0.05) is 6.07 Å². The summed E-state index contributed by atoms with van der Waals surface area (Å²) < 4.78 is 16.5. The Morgan fingerprint density at radius 1 is 1.24 bits per heavy atom. The first kappa shape index (κ1) is 23.0. The lowest BCUT2D eigenvalue weighted by Gasteiger charge is -2.14. The van der Waals surface area contributed by atoms with E-state index >= 15 is 0 Å². The van der Waals surface area contributed by atoms with Crippen molar-refractivity contribution in [3.05, 3.63) is 47.7 Å². The number of halogens is 1. The summed E-state index contributed by atoms with van der Waals surface area (Å²) in [6, 6.07) is 9.62. The molecule has 0 bridgehead atoms. The van der Waals surface area contributed by atoms with E-state index in [4.69, 9.17) is 13.9 Å². The van der Waals surface area contributed by atoms with E-state index in [2.05, 4.69) is 20.6 Å². The number of rotatable bonds is 8. The van der Waals surface area contributed by atoms with Gasteiger partial charge in [0, 0.05) is 18.3 Å². The van der Waals surface area contributed by atoms with Crippen LogP contribution in [0.2, 0.25) is 0 Å². The number of nitrogens with one attached hydrogen (secondary N) is 2. The molecule has 2 heterocycles. The van der Waals surface area contributed by atoms with E-state index in [9.17, 15) is 0 Å². The molecule has 0 atom stereocenters. The second-order valence-electron chi connectivity index (χ2n) is 5.74. The van der Waals surface area contributed by atoms with Crippen LogP contribution in [0.4, 0.5) is 5.69 Å². The van der Waals surface area contributed by atoms with Gasteiger partial charge in [0.1, 0.15) is 12.0 Å². The third kappa shape index (κ3) is 6.36. The monoisotopic (exact) mass is 528 g/mol. The fourth-order valence-electron chi connectivity index (χ4n) is 2.52. The van der Waals surface area contributed by atoms with E-state index in [0.29, 0.717) is 36.5 Å². The standard InChI is InChI=1S/C20H24N4O3S.HI/c1-4-21-20(24-14-8-9-16(25-3)17(11-14)26-5-2)22-12-15-13-27-19(23-15)18-7-6-10-28-18;/h6-11,13H,4-5,12H2,1-3H3,(H2,21,22,24);1H. The first-order valence-corrected chi connectivity index (χ1v) is 9.95. The van der Waals surface area contributed by atoms with Crippen LogP contribution in [0.5, 0.6) is 11.5 Å². The second-order valence-corrected chi connectivity index (χ2v) is 6.69. The molecular formula is C20H25IN4O3S. The zero-order chi connectivity index (χ0) is 19.8. The van der Waals surface area contributed by atoms with Crippen LogP contribution in [0.1, 0.15) is 19.5 Å². The zero-order valence-corrected chi connectivity index (χ0v) is 19.7.